The molecule has 0 radical (unpaired) electrons. The van der Waals surface area contributed by atoms with Gasteiger partial charge >= 0.3 is 0 Å². The van der Waals surface area contributed by atoms with Crippen molar-refractivity contribution in [2.24, 2.45) is 0 Å². The molecule has 0 fully saturated rings. The summed E-state index contributed by atoms with van der Waals surface area (Å²) in [5.74, 6) is 1.13. The Morgan fingerprint density at radius 3 is 3.21 bits per heavy atom. The van der Waals surface area contributed by atoms with Crippen LogP contribution in [0, 0.1) is 0 Å². The van der Waals surface area contributed by atoms with Crippen LogP contribution in [0.1, 0.15) is 29.0 Å². The summed E-state index contributed by atoms with van der Waals surface area (Å²) in [6.45, 7) is 4.20. The highest BCUT2D eigenvalue weighted by Gasteiger charge is 2.26. The Morgan fingerprint density at radius 1 is 1.47 bits per heavy atom. The van der Waals surface area contributed by atoms with Crippen molar-refractivity contribution in [3.05, 3.63) is 45.8 Å². The van der Waals surface area contributed by atoms with E-state index in [-0.39, 0.29) is 0 Å². The van der Waals surface area contributed by atoms with E-state index in [1.165, 1.54) is 16.0 Å². The second kappa shape index (κ2) is 5.31. The van der Waals surface area contributed by atoms with Gasteiger partial charge in [0.15, 0.2) is 0 Å². The molecule has 1 N–H and O–H groups in total. The molecule has 0 bridgehead atoms. The van der Waals surface area contributed by atoms with E-state index in [1.807, 2.05) is 30.6 Å². The average Bonchev–Trinajstić information content (AvgIpc) is 2.90. The first-order valence-corrected chi connectivity index (χ1v) is 7.60. The maximum Gasteiger partial charge on any atom is 0.133 e. The average molecular weight is 273 g/mol. The molecule has 2 aromatic heterocycles. The highest BCUT2D eigenvalue weighted by Crippen LogP contribution is 2.36. The molecule has 0 aromatic carbocycles. The van der Waals surface area contributed by atoms with Crippen LogP contribution in [0.5, 0.6) is 0 Å². The monoisotopic (exact) mass is 273 g/mol. The number of nitrogens with one attached hydrogen (secondary N) is 1. The highest BCUT2D eigenvalue weighted by atomic mass is 32.1. The zero-order valence-electron chi connectivity index (χ0n) is 11.4. The number of anilines is 1. The second-order valence-corrected chi connectivity index (χ2v) is 5.94. The third-order valence-electron chi connectivity index (χ3n) is 3.78. The van der Waals surface area contributed by atoms with E-state index in [1.54, 1.807) is 0 Å². The van der Waals surface area contributed by atoms with Gasteiger partial charge in [-0.25, -0.2) is 4.98 Å². The lowest BCUT2D eigenvalue weighted by Gasteiger charge is -2.35. The van der Waals surface area contributed by atoms with Gasteiger partial charge in [0.1, 0.15) is 5.82 Å². The Labute approximate surface area is 118 Å². The molecular weight excluding hydrogens is 254 g/mol. The zero-order chi connectivity index (χ0) is 13.2. The van der Waals surface area contributed by atoms with E-state index >= 15 is 0 Å². The van der Waals surface area contributed by atoms with E-state index in [0.29, 0.717) is 6.04 Å². The lowest BCUT2D eigenvalue weighted by Crippen LogP contribution is -2.34. The van der Waals surface area contributed by atoms with Gasteiger partial charge in [-0.1, -0.05) is 6.07 Å². The molecule has 0 aliphatic carbocycles. The minimum atomic E-state index is 0.417. The Morgan fingerprint density at radius 2 is 2.37 bits per heavy atom. The first-order chi connectivity index (χ1) is 9.31. The second-order valence-electron chi connectivity index (χ2n) is 4.93. The van der Waals surface area contributed by atoms with E-state index in [4.69, 9.17) is 0 Å². The molecule has 0 spiro atoms. The van der Waals surface area contributed by atoms with Crippen molar-refractivity contribution in [2.75, 3.05) is 18.5 Å². The van der Waals surface area contributed by atoms with Crippen LogP contribution < -0.4 is 10.2 Å². The molecule has 1 aliphatic rings. The minimum absolute atomic E-state index is 0.417. The van der Waals surface area contributed by atoms with Crippen molar-refractivity contribution in [3.63, 3.8) is 0 Å². The van der Waals surface area contributed by atoms with Crippen molar-refractivity contribution >= 4 is 17.2 Å². The lowest BCUT2D eigenvalue weighted by molar-refractivity contribution is 0.619. The van der Waals surface area contributed by atoms with Gasteiger partial charge in [0.2, 0.25) is 0 Å². The van der Waals surface area contributed by atoms with Gasteiger partial charge < -0.3 is 10.2 Å². The molecule has 0 saturated carbocycles. The fourth-order valence-corrected chi connectivity index (χ4v) is 3.78. The summed E-state index contributed by atoms with van der Waals surface area (Å²) in [5.41, 5.74) is 2.74. The quantitative estimate of drug-likeness (QED) is 0.932. The molecule has 1 unspecified atom stereocenters. The molecule has 19 heavy (non-hydrogen) atoms. The summed E-state index contributed by atoms with van der Waals surface area (Å²) < 4.78 is 0. The maximum atomic E-state index is 4.62. The molecule has 0 saturated heterocycles. The Bertz CT molecular complexity index is 564. The third kappa shape index (κ3) is 2.26. The standard InChI is InChI=1S/C15H19N3S/c1-11-13-6-9-19-14(13)5-8-18(11)15-12(10-16-2)4-3-7-17-15/h3-4,6-7,9,11,16H,5,8,10H2,1-2H3. The molecule has 3 rings (SSSR count). The Kier molecular flexibility index (Phi) is 3.53. The lowest BCUT2D eigenvalue weighted by atomic mass is 10.0. The molecule has 100 valence electrons. The van der Waals surface area contributed by atoms with E-state index < -0.39 is 0 Å². The minimum Gasteiger partial charge on any atom is -0.349 e. The SMILES string of the molecule is CNCc1cccnc1N1CCc2sccc2C1C. The van der Waals surface area contributed by atoms with E-state index in [2.05, 4.69) is 39.6 Å². The van der Waals surface area contributed by atoms with Crippen LogP contribution in [-0.2, 0) is 13.0 Å². The van der Waals surface area contributed by atoms with Crippen molar-refractivity contribution in [1.82, 2.24) is 10.3 Å². The van der Waals surface area contributed by atoms with Crippen LogP contribution in [0.4, 0.5) is 5.82 Å². The van der Waals surface area contributed by atoms with Crippen LogP contribution in [0.3, 0.4) is 0 Å². The van der Waals surface area contributed by atoms with Crippen LogP contribution in [0.25, 0.3) is 0 Å². The molecular formula is C15H19N3S. The smallest absolute Gasteiger partial charge is 0.133 e. The normalized spacial score (nSPS) is 18.4. The first kappa shape index (κ1) is 12.6. The van der Waals surface area contributed by atoms with Gasteiger partial charge in [-0.3, -0.25) is 0 Å². The summed E-state index contributed by atoms with van der Waals surface area (Å²) in [7, 11) is 1.98. The summed E-state index contributed by atoms with van der Waals surface area (Å²) >= 11 is 1.88. The van der Waals surface area contributed by atoms with Crippen molar-refractivity contribution in [2.45, 2.75) is 25.9 Å². The predicted octanol–water partition coefficient (Wildman–Crippen LogP) is 2.99. The van der Waals surface area contributed by atoms with Gasteiger partial charge in [0.05, 0.1) is 6.04 Å². The molecule has 4 heteroatoms. The van der Waals surface area contributed by atoms with Gasteiger partial charge in [0, 0.05) is 29.7 Å². The highest BCUT2D eigenvalue weighted by molar-refractivity contribution is 7.10. The largest absolute Gasteiger partial charge is 0.349 e. The molecule has 2 aromatic rings. The molecule has 3 heterocycles. The van der Waals surface area contributed by atoms with Crippen LogP contribution in [0.15, 0.2) is 29.8 Å². The van der Waals surface area contributed by atoms with E-state index in [0.717, 1.165) is 25.3 Å². The summed E-state index contributed by atoms with van der Waals surface area (Å²) in [4.78, 5) is 8.59. The van der Waals surface area contributed by atoms with Crippen LogP contribution in [0.2, 0.25) is 0 Å². The fourth-order valence-electron chi connectivity index (χ4n) is 2.82. The number of fused-ring (bicyclic) bond motifs is 1. The number of rotatable bonds is 3. The number of aromatic nitrogens is 1. The number of hydrogen-bond acceptors (Lipinski definition) is 4. The summed E-state index contributed by atoms with van der Waals surface area (Å²) in [5, 5.41) is 5.43. The third-order valence-corrected chi connectivity index (χ3v) is 4.78. The van der Waals surface area contributed by atoms with Crippen LogP contribution in [-0.4, -0.2) is 18.6 Å². The number of thiophene rings is 1. The first-order valence-electron chi connectivity index (χ1n) is 6.72. The van der Waals surface area contributed by atoms with Gasteiger partial charge in [-0.15, -0.1) is 11.3 Å². The number of hydrogen-bond donors (Lipinski definition) is 1. The Balaban J connectivity index is 1.95. The maximum absolute atomic E-state index is 4.62. The fraction of sp³-hybridized carbons (Fsp3) is 0.400. The van der Waals surface area contributed by atoms with Crippen molar-refractivity contribution < 1.29 is 0 Å². The molecule has 3 nitrogen and oxygen atoms in total. The van der Waals surface area contributed by atoms with Crippen molar-refractivity contribution in [3.8, 4) is 0 Å². The van der Waals surface area contributed by atoms with Gasteiger partial charge in [0.25, 0.3) is 0 Å². The van der Waals surface area contributed by atoms with Crippen molar-refractivity contribution in [1.29, 1.82) is 0 Å². The summed E-state index contributed by atoms with van der Waals surface area (Å²) in [6.07, 6.45) is 3.03. The predicted molar refractivity (Wildman–Crippen MR) is 80.8 cm³/mol. The van der Waals surface area contributed by atoms with Crippen LogP contribution >= 0.6 is 11.3 Å². The summed E-state index contributed by atoms with van der Waals surface area (Å²) in [6, 6.07) is 6.85. The molecule has 1 atom stereocenters. The molecule has 1 aliphatic heterocycles. The topological polar surface area (TPSA) is 28.2 Å². The number of nitrogens with zero attached hydrogens (tertiary/aromatic N) is 2. The van der Waals surface area contributed by atoms with E-state index in [9.17, 15) is 0 Å². The number of pyridine rings is 1. The Hall–Kier alpha value is -1.39. The zero-order valence-corrected chi connectivity index (χ0v) is 12.2. The molecule has 0 amide bonds. The van der Waals surface area contributed by atoms with Gasteiger partial charge in [-0.2, -0.15) is 0 Å². The van der Waals surface area contributed by atoms with Gasteiger partial charge in [-0.05, 0) is 43.5 Å².